The lowest BCUT2D eigenvalue weighted by Crippen LogP contribution is -2.46. The van der Waals surface area contributed by atoms with Gasteiger partial charge in [-0.3, -0.25) is 4.90 Å². The molecule has 0 N–H and O–H groups in total. The third-order valence-electron chi connectivity index (χ3n) is 6.60. The molecule has 1 aromatic rings. The first-order valence-electron chi connectivity index (χ1n) is 9.10. The van der Waals surface area contributed by atoms with Gasteiger partial charge in [0.15, 0.2) is 0 Å². The molecule has 1 unspecified atom stereocenters. The quantitative estimate of drug-likeness (QED) is 0.770. The number of unbranched alkanes of at least 4 members (excludes halogenated alkanes) is 1. The number of aryl methyl sites for hydroxylation is 1. The summed E-state index contributed by atoms with van der Waals surface area (Å²) < 4.78 is 0. The van der Waals surface area contributed by atoms with Crippen LogP contribution in [0.25, 0.3) is 0 Å². The standard InChI is InChI=1S/C20H29N/c1-3-4-5-17-18(15-8-6-14(2)7-9-15)13-19-16-10-11-21(19)20(17)12-16/h6-9,16-20H,3-5,10-13H2,1-2H3/t16-,17-,18+,19-,20+/m0/s1. The molecule has 6 atom stereocenters. The predicted molar refractivity (Wildman–Crippen MR) is 88.6 cm³/mol. The van der Waals surface area contributed by atoms with Crippen LogP contribution in [0.1, 0.15) is 62.5 Å². The lowest BCUT2D eigenvalue weighted by atomic mass is 9.74. The number of rotatable bonds is 4. The van der Waals surface area contributed by atoms with Gasteiger partial charge in [-0.1, -0.05) is 49.6 Å². The minimum Gasteiger partial charge on any atom is -0.297 e. The molecule has 0 aliphatic carbocycles. The van der Waals surface area contributed by atoms with Crippen molar-refractivity contribution < 1.29 is 0 Å². The molecule has 21 heavy (non-hydrogen) atoms. The van der Waals surface area contributed by atoms with Gasteiger partial charge in [0, 0.05) is 12.1 Å². The van der Waals surface area contributed by atoms with Gasteiger partial charge in [-0.2, -0.15) is 0 Å². The van der Waals surface area contributed by atoms with Crippen LogP contribution in [0.5, 0.6) is 0 Å². The van der Waals surface area contributed by atoms with E-state index >= 15 is 0 Å². The van der Waals surface area contributed by atoms with Crippen molar-refractivity contribution in [1.29, 1.82) is 0 Å². The monoisotopic (exact) mass is 283 g/mol. The van der Waals surface area contributed by atoms with Crippen molar-refractivity contribution >= 4 is 0 Å². The zero-order chi connectivity index (χ0) is 14.4. The highest BCUT2D eigenvalue weighted by molar-refractivity contribution is 5.28. The second-order valence-electron chi connectivity index (χ2n) is 7.72. The molecule has 1 nitrogen and oxygen atoms in total. The maximum absolute atomic E-state index is 2.90. The van der Waals surface area contributed by atoms with Crippen LogP contribution in [-0.2, 0) is 0 Å². The van der Waals surface area contributed by atoms with Crippen LogP contribution < -0.4 is 0 Å². The molecule has 0 amide bonds. The van der Waals surface area contributed by atoms with Crippen LogP contribution in [0, 0.1) is 18.8 Å². The van der Waals surface area contributed by atoms with Crippen molar-refractivity contribution in [1.82, 2.24) is 4.90 Å². The summed E-state index contributed by atoms with van der Waals surface area (Å²) >= 11 is 0. The van der Waals surface area contributed by atoms with E-state index in [4.69, 9.17) is 0 Å². The van der Waals surface area contributed by atoms with Crippen LogP contribution in [0.15, 0.2) is 24.3 Å². The number of nitrogens with zero attached hydrogens (tertiary/aromatic N) is 1. The minimum atomic E-state index is 0.825. The maximum Gasteiger partial charge on any atom is 0.0136 e. The van der Waals surface area contributed by atoms with Gasteiger partial charge < -0.3 is 0 Å². The van der Waals surface area contributed by atoms with Gasteiger partial charge in [0.05, 0.1) is 0 Å². The van der Waals surface area contributed by atoms with Gasteiger partial charge in [-0.15, -0.1) is 0 Å². The first-order valence-corrected chi connectivity index (χ1v) is 9.10. The van der Waals surface area contributed by atoms with Crippen molar-refractivity contribution in [3.63, 3.8) is 0 Å². The van der Waals surface area contributed by atoms with Crippen molar-refractivity contribution in [3.05, 3.63) is 35.4 Å². The molecule has 3 aliphatic rings. The summed E-state index contributed by atoms with van der Waals surface area (Å²) in [5, 5.41) is 0. The van der Waals surface area contributed by atoms with E-state index in [1.54, 1.807) is 5.56 Å². The molecule has 3 aliphatic heterocycles. The molecule has 114 valence electrons. The van der Waals surface area contributed by atoms with Gasteiger partial charge in [-0.05, 0) is 62.5 Å². The van der Waals surface area contributed by atoms with Gasteiger partial charge in [0.1, 0.15) is 0 Å². The van der Waals surface area contributed by atoms with Crippen LogP contribution in [-0.4, -0.2) is 23.5 Å². The smallest absolute Gasteiger partial charge is 0.0136 e. The Bertz CT molecular complexity index is 491. The normalized spacial score (nSPS) is 40.7. The van der Waals surface area contributed by atoms with Crippen LogP contribution in [0.3, 0.4) is 0 Å². The lowest BCUT2D eigenvalue weighted by molar-refractivity contribution is 0.0830. The molecule has 0 saturated carbocycles. The number of piperidine rings is 2. The van der Waals surface area contributed by atoms with Gasteiger partial charge in [0.25, 0.3) is 0 Å². The average molecular weight is 283 g/mol. The Balaban J connectivity index is 1.63. The number of hydrogen-bond donors (Lipinski definition) is 0. The first-order chi connectivity index (χ1) is 10.3. The predicted octanol–water partition coefficient (Wildman–Crippen LogP) is 4.75. The van der Waals surface area contributed by atoms with Crippen LogP contribution >= 0.6 is 0 Å². The van der Waals surface area contributed by atoms with E-state index in [0.29, 0.717) is 0 Å². The van der Waals surface area contributed by atoms with Crippen molar-refractivity contribution in [2.45, 2.75) is 70.4 Å². The Morgan fingerprint density at radius 2 is 1.90 bits per heavy atom. The summed E-state index contributed by atoms with van der Waals surface area (Å²) in [7, 11) is 0. The van der Waals surface area contributed by atoms with E-state index in [9.17, 15) is 0 Å². The fourth-order valence-electron chi connectivity index (χ4n) is 5.56. The summed E-state index contributed by atoms with van der Waals surface area (Å²) in [5.74, 6) is 2.76. The third-order valence-corrected chi connectivity index (χ3v) is 6.60. The van der Waals surface area contributed by atoms with Crippen molar-refractivity contribution in [2.75, 3.05) is 6.54 Å². The molecule has 0 spiro atoms. The van der Waals surface area contributed by atoms with Gasteiger partial charge >= 0.3 is 0 Å². The molecular formula is C20H29N. The lowest BCUT2D eigenvalue weighted by Gasteiger charge is -2.44. The van der Waals surface area contributed by atoms with Crippen molar-refractivity contribution in [3.8, 4) is 0 Å². The molecule has 1 aromatic carbocycles. The molecule has 4 rings (SSSR count). The third kappa shape index (κ3) is 2.25. The zero-order valence-electron chi connectivity index (χ0n) is 13.6. The van der Waals surface area contributed by atoms with E-state index in [0.717, 1.165) is 29.8 Å². The Hall–Kier alpha value is -0.820. The fourth-order valence-corrected chi connectivity index (χ4v) is 5.56. The van der Waals surface area contributed by atoms with Gasteiger partial charge in [-0.25, -0.2) is 0 Å². The van der Waals surface area contributed by atoms with Crippen LogP contribution in [0.4, 0.5) is 0 Å². The molecule has 4 bridgehead atoms. The Morgan fingerprint density at radius 3 is 2.67 bits per heavy atom. The zero-order valence-corrected chi connectivity index (χ0v) is 13.6. The molecule has 0 radical (unpaired) electrons. The molecule has 3 saturated heterocycles. The Morgan fingerprint density at radius 1 is 1.10 bits per heavy atom. The molecule has 3 heterocycles. The van der Waals surface area contributed by atoms with Crippen LogP contribution in [0.2, 0.25) is 0 Å². The van der Waals surface area contributed by atoms with E-state index in [-0.39, 0.29) is 0 Å². The molecule has 3 fully saturated rings. The second-order valence-corrected chi connectivity index (χ2v) is 7.72. The summed E-state index contributed by atoms with van der Waals surface area (Å²) in [6, 6.07) is 11.3. The first kappa shape index (κ1) is 13.8. The van der Waals surface area contributed by atoms with E-state index in [1.165, 1.54) is 50.6 Å². The highest BCUT2D eigenvalue weighted by atomic mass is 15.3. The van der Waals surface area contributed by atoms with E-state index in [1.807, 2.05) is 0 Å². The summed E-state index contributed by atoms with van der Waals surface area (Å²) in [6.07, 6.45) is 8.60. The average Bonchev–Trinajstić information content (AvgIpc) is 3.01. The minimum absolute atomic E-state index is 0.825. The Kier molecular flexibility index (Phi) is 3.57. The van der Waals surface area contributed by atoms with E-state index in [2.05, 4.69) is 43.0 Å². The summed E-state index contributed by atoms with van der Waals surface area (Å²) in [4.78, 5) is 2.90. The fraction of sp³-hybridized carbons (Fsp3) is 0.700. The number of benzene rings is 1. The van der Waals surface area contributed by atoms with Crippen molar-refractivity contribution in [2.24, 2.45) is 11.8 Å². The highest BCUT2D eigenvalue weighted by Crippen LogP contribution is 2.54. The largest absolute Gasteiger partial charge is 0.297 e. The SMILES string of the molecule is CCCC[C@H]1[C@@H](c2ccc(C)cc2)C[C@H]2[C@H]3CCN2[C@@H]1C3. The highest BCUT2D eigenvalue weighted by Gasteiger charge is 2.54. The summed E-state index contributed by atoms with van der Waals surface area (Å²) in [5.41, 5.74) is 3.02. The molecule has 1 heteroatoms. The Labute approximate surface area is 129 Å². The van der Waals surface area contributed by atoms with E-state index < -0.39 is 0 Å². The second kappa shape index (κ2) is 5.43. The van der Waals surface area contributed by atoms with Gasteiger partial charge in [0.2, 0.25) is 0 Å². The number of hydrogen-bond acceptors (Lipinski definition) is 1. The molecule has 0 aromatic heterocycles. The topological polar surface area (TPSA) is 3.24 Å². The summed E-state index contributed by atoms with van der Waals surface area (Å²) in [6.45, 7) is 5.94. The maximum atomic E-state index is 2.90. The molecular weight excluding hydrogens is 254 g/mol.